The Morgan fingerprint density at radius 2 is 1.54 bits per heavy atom. The van der Waals surface area contributed by atoms with Crippen LogP contribution in [-0.4, -0.2) is 56.9 Å². The first kappa shape index (κ1) is 36.2. The fraction of sp³-hybridized carbons (Fsp3) is 0.341. The molecule has 4 atom stereocenters. The van der Waals surface area contributed by atoms with Gasteiger partial charge in [0.25, 0.3) is 5.91 Å². The second kappa shape index (κ2) is 17.1. The molecule has 0 radical (unpaired) electrons. The highest BCUT2D eigenvalue weighted by Crippen LogP contribution is 2.35. The zero-order chi connectivity index (χ0) is 36.5. The van der Waals surface area contributed by atoms with Gasteiger partial charge in [-0.3, -0.25) is 19.2 Å². The van der Waals surface area contributed by atoms with Gasteiger partial charge in [-0.15, -0.1) is 0 Å². The summed E-state index contributed by atoms with van der Waals surface area (Å²) in [5, 5.41) is 22.1. The zero-order valence-electron chi connectivity index (χ0n) is 29.1. The molecule has 11 heteroatoms. The minimum absolute atomic E-state index is 0.0286. The Labute approximate surface area is 302 Å². The van der Waals surface area contributed by atoms with Gasteiger partial charge in [0.05, 0.1) is 30.1 Å². The number of primary amides is 1. The van der Waals surface area contributed by atoms with Crippen LogP contribution < -0.4 is 21.7 Å². The monoisotopic (exact) mass is 702 g/mol. The lowest BCUT2D eigenvalue weighted by atomic mass is 9.82. The van der Waals surface area contributed by atoms with Gasteiger partial charge in [0, 0.05) is 23.0 Å². The van der Waals surface area contributed by atoms with Crippen LogP contribution in [0, 0.1) is 5.92 Å². The average Bonchev–Trinajstić information content (AvgIpc) is 3.60. The molecule has 0 bridgehead atoms. The topological polar surface area (TPSA) is 179 Å². The van der Waals surface area contributed by atoms with Gasteiger partial charge in [-0.25, -0.2) is 4.98 Å². The van der Waals surface area contributed by atoms with Crippen LogP contribution >= 0.6 is 0 Å². The fourth-order valence-electron chi connectivity index (χ4n) is 7.18. The lowest BCUT2D eigenvalue weighted by molar-refractivity contribution is -0.128. The largest absolute Gasteiger partial charge is 0.391 e. The number of nitrogens with zero attached hydrogens (tertiary/aromatic N) is 1. The van der Waals surface area contributed by atoms with E-state index in [0.717, 1.165) is 53.2 Å². The maximum Gasteiger partial charge on any atom is 0.270 e. The molecule has 0 saturated heterocycles. The average molecular weight is 703 g/mol. The van der Waals surface area contributed by atoms with E-state index in [9.17, 15) is 24.3 Å². The number of H-pyrrole nitrogens is 1. The number of aromatic amines is 1. The molecule has 1 fully saturated rings. The smallest absolute Gasteiger partial charge is 0.270 e. The Morgan fingerprint density at radius 1 is 0.827 bits per heavy atom. The number of aliphatic hydroxyl groups is 1. The molecule has 2 aromatic heterocycles. The minimum atomic E-state index is -1.32. The van der Waals surface area contributed by atoms with E-state index in [1.807, 2.05) is 66.7 Å². The molecule has 6 rings (SSSR count). The summed E-state index contributed by atoms with van der Waals surface area (Å²) in [5.74, 6) is -2.02. The van der Waals surface area contributed by atoms with E-state index in [2.05, 4.69) is 32.0 Å². The number of carbonyl (C=O) groups is 4. The molecule has 7 N–H and O–H groups in total. The van der Waals surface area contributed by atoms with Crippen LogP contribution in [0.4, 0.5) is 0 Å². The number of amides is 4. The predicted molar refractivity (Wildman–Crippen MR) is 200 cm³/mol. The van der Waals surface area contributed by atoms with Crippen LogP contribution in [0.1, 0.15) is 79.2 Å². The number of hydrogen-bond acceptors (Lipinski definition) is 6. The standard InChI is InChI=1S/C41H46N6O5/c42-37(49)25-35(46-40(51)32-20-19-27-13-7-9-17-30(27)43-32)41(52)45-33(23-26-11-3-1-4-12-26)36(48)21-22-38(50)47-39(28-14-5-2-6-15-28)34-24-29-16-8-10-18-31(29)44-34/h1,3-4,7-13,16-20,24,28,33,35-36,39,44,48H,2,5-6,14-15,21-23,25H2,(H2,42,49)(H,45,52)(H,46,51)(H,47,50)/t33?,35-,36-,39?/m0/s1. The predicted octanol–water partition coefficient (Wildman–Crippen LogP) is 5.00. The number of carbonyl (C=O) groups excluding carboxylic acids is 4. The number of aliphatic hydroxyl groups excluding tert-OH is 1. The Hall–Kier alpha value is -5.55. The maximum atomic E-state index is 13.7. The van der Waals surface area contributed by atoms with Crippen molar-refractivity contribution >= 4 is 45.4 Å². The molecule has 4 amide bonds. The number of pyridine rings is 1. The van der Waals surface area contributed by atoms with E-state index in [4.69, 9.17) is 5.73 Å². The highest BCUT2D eigenvalue weighted by atomic mass is 16.3. The summed E-state index contributed by atoms with van der Waals surface area (Å²) in [4.78, 5) is 60.4. The normalized spacial score (nSPS) is 15.7. The van der Waals surface area contributed by atoms with E-state index in [1.165, 1.54) is 6.42 Å². The van der Waals surface area contributed by atoms with Gasteiger partial charge < -0.3 is 31.8 Å². The molecule has 1 aliphatic carbocycles. The Bertz CT molecular complexity index is 1970. The van der Waals surface area contributed by atoms with Gasteiger partial charge in [-0.1, -0.05) is 92.1 Å². The Balaban J connectivity index is 1.14. The van der Waals surface area contributed by atoms with E-state index in [1.54, 1.807) is 24.3 Å². The Kier molecular flexibility index (Phi) is 11.9. The summed E-state index contributed by atoms with van der Waals surface area (Å²) < 4.78 is 0. The van der Waals surface area contributed by atoms with Crippen molar-refractivity contribution in [2.45, 2.75) is 82.0 Å². The zero-order valence-corrected chi connectivity index (χ0v) is 29.1. The van der Waals surface area contributed by atoms with Crippen molar-refractivity contribution in [3.05, 3.63) is 114 Å². The molecule has 52 heavy (non-hydrogen) atoms. The molecule has 1 aliphatic rings. The summed E-state index contributed by atoms with van der Waals surface area (Å²) in [6.45, 7) is 0. The van der Waals surface area contributed by atoms with Crippen molar-refractivity contribution in [2.75, 3.05) is 0 Å². The van der Waals surface area contributed by atoms with E-state index in [0.29, 0.717) is 11.4 Å². The van der Waals surface area contributed by atoms with Gasteiger partial charge in [0.1, 0.15) is 11.7 Å². The molecular weight excluding hydrogens is 656 g/mol. The van der Waals surface area contributed by atoms with Crippen LogP contribution in [-0.2, 0) is 20.8 Å². The SMILES string of the molecule is NC(=O)C[C@H](NC(=O)c1ccc2ccccc2n1)C(=O)NC(Cc1ccccc1)[C@@H](O)CCC(=O)NC(c1cc2ccccc2[nH]1)C1CCCCC1. The first-order valence-electron chi connectivity index (χ1n) is 18.1. The second-order valence-electron chi connectivity index (χ2n) is 13.8. The minimum Gasteiger partial charge on any atom is -0.391 e. The van der Waals surface area contributed by atoms with Crippen LogP contribution in [0.3, 0.4) is 0 Å². The molecule has 3 aromatic carbocycles. The first-order chi connectivity index (χ1) is 25.2. The van der Waals surface area contributed by atoms with Gasteiger partial charge in [-0.2, -0.15) is 0 Å². The summed E-state index contributed by atoms with van der Waals surface area (Å²) in [7, 11) is 0. The molecule has 5 aromatic rings. The van der Waals surface area contributed by atoms with Crippen molar-refractivity contribution in [3.8, 4) is 0 Å². The number of benzene rings is 3. The van der Waals surface area contributed by atoms with E-state index < -0.39 is 42.3 Å². The third-order valence-corrected chi connectivity index (χ3v) is 9.94. The van der Waals surface area contributed by atoms with Gasteiger partial charge in [-0.05, 0) is 66.8 Å². The highest BCUT2D eigenvalue weighted by molar-refractivity contribution is 5.99. The molecule has 1 saturated carbocycles. The lowest BCUT2D eigenvalue weighted by Gasteiger charge is -2.31. The molecule has 270 valence electrons. The molecular formula is C41H46N6O5. The molecule has 2 heterocycles. The number of nitrogens with one attached hydrogen (secondary N) is 4. The van der Waals surface area contributed by atoms with Gasteiger partial charge >= 0.3 is 0 Å². The quantitative estimate of drug-likeness (QED) is 0.0894. The molecule has 11 nitrogen and oxygen atoms in total. The van der Waals surface area contributed by atoms with Crippen molar-refractivity contribution in [3.63, 3.8) is 0 Å². The van der Waals surface area contributed by atoms with Crippen LogP contribution in [0.2, 0.25) is 0 Å². The number of rotatable bonds is 15. The number of aromatic nitrogens is 2. The fourth-order valence-corrected chi connectivity index (χ4v) is 7.18. The molecule has 0 aliphatic heterocycles. The van der Waals surface area contributed by atoms with Gasteiger partial charge in [0.15, 0.2) is 0 Å². The lowest BCUT2D eigenvalue weighted by Crippen LogP contribution is -2.54. The van der Waals surface area contributed by atoms with Crippen LogP contribution in [0.25, 0.3) is 21.8 Å². The summed E-state index contributed by atoms with van der Waals surface area (Å²) >= 11 is 0. The number of fused-ring (bicyclic) bond motifs is 2. The van der Waals surface area contributed by atoms with E-state index in [-0.39, 0.29) is 36.9 Å². The number of nitrogens with two attached hydrogens (primary N) is 1. The highest BCUT2D eigenvalue weighted by Gasteiger charge is 2.31. The van der Waals surface area contributed by atoms with Crippen LogP contribution in [0.5, 0.6) is 0 Å². The van der Waals surface area contributed by atoms with Crippen molar-refractivity contribution < 1.29 is 24.3 Å². The molecule has 0 spiro atoms. The number of hydrogen-bond donors (Lipinski definition) is 6. The first-order valence-corrected chi connectivity index (χ1v) is 18.1. The number of para-hydroxylation sites is 2. The van der Waals surface area contributed by atoms with Crippen molar-refractivity contribution in [2.24, 2.45) is 11.7 Å². The summed E-state index contributed by atoms with van der Waals surface area (Å²) in [5.41, 5.74) is 9.01. The Morgan fingerprint density at radius 3 is 2.29 bits per heavy atom. The molecule has 2 unspecified atom stereocenters. The third kappa shape index (κ3) is 9.41. The van der Waals surface area contributed by atoms with Crippen LogP contribution in [0.15, 0.2) is 97.1 Å². The van der Waals surface area contributed by atoms with Crippen molar-refractivity contribution in [1.82, 2.24) is 25.9 Å². The summed E-state index contributed by atoms with van der Waals surface area (Å²) in [6.07, 6.45) is 4.23. The van der Waals surface area contributed by atoms with E-state index >= 15 is 0 Å². The summed E-state index contributed by atoms with van der Waals surface area (Å²) in [6, 6.07) is 27.7. The third-order valence-electron chi connectivity index (χ3n) is 9.94. The van der Waals surface area contributed by atoms with Crippen molar-refractivity contribution in [1.29, 1.82) is 0 Å². The second-order valence-corrected chi connectivity index (χ2v) is 13.8. The maximum absolute atomic E-state index is 13.7. The van der Waals surface area contributed by atoms with Gasteiger partial charge in [0.2, 0.25) is 17.7 Å².